The summed E-state index contributed by atoms with van der Waals surface area (Å²) in [6, 6.07) is 3.70. The van der Waals surface area contributed by atoms with Gasteiger partial charge in [0.05, 0.1) is 60.9 Å². The molecule has 0 aromatic heterocycles. The first-order valence-corrected chi connectivity index (χ1v) is 26.9. The van der Waals surface area contributed by atoms with E-state index < -0.39 is 78.5 Å². The number of aliphatic hydroxyl groups is 1. The van der Waals surface area contributed by atoms with E-state index in [9.17, 15) is 38.7 Å². The van der Waals surface area contributed by atoms with Crippen LogP contribution in [0.4, 0.5) is 4.79 Å². The number of amides is 7. The minimum Gasteiger partial charge on any atom is -0.445 e. The highest BCUT2D eigenvalue weighted by Gasteiger charge is 2.44. The van der Waals surface area contributed by atoms with E-state index in [1.165, 1.54) is 26.2 Å². The van der Waals surface area contributed by atoms with Gasteiger partial charge in [-0.1, -0.05) is 124 Å². The molecule has 1 fully saturated rings. The number of nitrogens with two attached hydrogens (primary N) is 1. The number of aliphatic hydroxyl groups excluding tert-OH is 1. The zero-order valence-electron chi connectivity index (χ0n) is 47.5. The van der Waals surface area contributed by atoms with Crippen LogP contribution in [0.1, 0.15) is 126 Å². The molecule has 75 heavy (non-hydrogen) atoms. The van der Waals surface area contributed by atoms with E-state index in [4.69, 9.17) is 19.9 Å². The average Bonchev–Trinajstić information content (AvgIpc) is 3.87. The topological polar surface area (TPSA) is 251 Å². The fourth-order valence-corrected chi connectivity index (χ4v) is 10.0. The molecule has 19 nitrogen and oxygen atoms in total. The molecular formula is C56H92N8O11. The highest BCUT2D eigenvalue weighted by molar-refractivity contribution is 5.92. The second-order valence-corrected chi connectivity index (χ2v) is 21.6. The summed E-state index contributed by atoms with van der Waals surface area (Å²) in [5.74, 6) is -3.78. The quantitative estimate of drug-likeness (QED) is 0.0673. The largest absolute Gasteiger partial charge is 0.445 e. The lowest BCUT2D eigenvalue weighted by Crippen LogP contribution is -2.60. The number of hydrogen-bond acceptors (Lipinski definition) is 12. The highest BCUT2D eigenvalue weighted by atomic mass is 16.6. The number of rotatable bonds is 28. The number of ether oxygens (including phenoxy) is 3. The molecule has 1 heterocycles. The number of methoxy groups -OCH3 is 2. The third-order valence-electron chi connectivity index (χ3n) is 15.0. The Morgan fingerprint density at radius 3 is 1.99 bits per heavy atom. The van der Waals surface area contributed by atoms with Crippen molar-refractivity contribution < 1.29 is 52.9 Å². The highest BCUT2D eigenvalue weighted by Crippen LogP contribution is 2.30. The second kappa shape index (κ2) is 30.4. The van der Waals surface area contributed by atoms with Gasteiger partial charge in [0.2, 0.25) is 35.4 Å². The summed E-state index contributed by atoms with van der Waals surface area (Å²) in [4.78, 5) is 101. The summed E-state index contributed by atoms with van der Waals surface area (Å²) in [7, 11) is 6.18. The lowest BCUT2D eigenvalue weighted by molar-refractivity contribution is -0.148. The first-order chi connectivity index (χ1) is 35.3. The van der Waals surface area contributed by atoms with Gasteiger partial charge in [-0.2, -0.15) is 0 Å². The molecule has 19 heteroatoms. The number of carbonyl (C=O) groups is 7. The van der Waals surface area contributed by atoms with Gasteiger partial charge in [-0.3, -0.25) is 33.7 Å². The van der Waals surface area contributed by atoms with Gasteiger partial charge < -0.3 is 56.1 Å². The van der Waals surface area contributed by atoms with Crippen LogP contribution in [0.15, 0.2) is 54.1 Å². The van der Waals surface area contributed by atoms with Crippen molar-refractivity contribution in [3.63, 3.8) is 0 Å². The lowest BCUT2D eigenvalue weighted by atomic mass is 9.89. The van der Waals surface area contributed by atoms with Gasteiger partial charge in [0, 0.05) is 34.9 Å². The molecule has 2 aliphatic rings. The predicted octanol–water partition coefficient (Wildman–Crippen LogP) is 4.63. The molecular weight excluding hydrogens is 961 g/mol. The monoisotopic (exact) mass is 1050 g/mol. The number of benzene rings is 1. The summed E-state index contributed by atoms with van der Waals surface area (Å²) in [5.41, 5.74) is 7.34. The molecule has 7 N–H and O–H groups in total. The molecule has 13 atom stereocenters. The lowest BCUT2D eigenvalue weighted by Gasteiger charge is -2.41. The van der Waals surface area contributed by atoms with Gasteiger partial charge in [-0.05, 0) is 67.4 Å². The molecule has 1 aliphatic heterocycles. The zero-order chi connectivity index (χ0) is 56.4. The first kappa shape index (κ1) is 63.9. The summed E-state index contributed by atoms with van der Waals surface area (Å²) in [6.07, 6.45) is 5.07. The Kier molecular flexibility index (Phi) is 25.9. The fraction of sp³-hybridized carbons (Fsp3) is 0.696. The van der Waals surface area contributed by atoms with Crippen LogP contribution in [-0.4, -0.2) is 163 Å². The number of nitrogens with zero attached hydrogens (tertiary/aromatic N) is 3. The van der Waals surface area contributed by atoms with Gasteiger partial charge >= 0.3 is 6.09 Å². The Hall–Kier alpha value is -5.37. The maximum absolute atomic E-state index is 14.7. The Morgan fingerprint density at radius 2 is 1.45 bits per heavy atom. The fourth-order valence-electron chi connectivity index (χ4n) is 10.0. The van der Waals surface area contributed by atoms with Crippen LogP contribution in [0.5, 0.6) is 0 Å². The number of likely N-dealkylation sites (tertiary alicyclic amines) is 1. The van der Waals surface area contributed by atoms with Crippen LogP contribution in [0.3, 0.4) is 0 Å². The van der Waals surface area contributed by atoms with Gasteiger partial charge in [0.15, 0.2) is 0 Å². The Morgan fingerprint density at radius 1 is 0.800 bits per heavy atom. The minimum absolute atomic E-state index is 0.0588. The molecule has 7 amide bonds. The van der Waals surface area contributed by atoms with Crippen LogP contribution in [0.25, 0.3) is 0 Å². The maximum Gasteiger partial charge on any atom is 0.410 e. The molecule has 1 aromatic carbocycles. The van der Waals surface area contributed by atoms with Gasteiger partial charge in [-0.25, -0.2) is 4.79 Å². The Labute approximate surface area is 446 Å². The van der Waals surface area contributed by atoms with Crippen LogP contribution in [0, 0.1) is 29.6 Å². The van der Waals surface area contributed by atoms with Crippen LogP contribution >= 0.6 is 0 Å². The van der Waals surface area contributed by atoms with Crippen molar-refractivity contribution >= 4 is 41.5 Å². The van der Waals surface area contributed by atoms with E-state index in [0.29, 0.717) is 49.8 Å². The van der Waals surface area contributed by atoms with Crippen molar-refractivity contribution in [3.05, 3.63) is 59.7 Å². The Balaban J connectivity index is 1.68. The molecule has 1 aromatic rings. The molecule has 0 radical (unpaired) electrons. The molecule has 1 aliphatic carbocycles. The van der Waals surface area contributed by atoms with Gasteiger partial charge in [0.25, 0.3) is 0 Å². The van der Waals surface area contributed by atoms with E-state index >= 15 is 0 Å². The van der Waals surface area contributed by atoms with E-state index in [1.807, 2.05) is 65.8 Å². The van der Waals surface area contributed by atoms with E-state index in [1.54, 1.807) is 75.8 Å². The van der Waals surface area contributed by atoms with E-state index in [2.05, 4.69) is 21.3 Å². The number of likely N-dealkylation sites (N-methyl/N-ethyl adjacent to an activating group) is 2. The van der Waals surface area contributed by atoms with Crippen molar-refractivity contribution in [2.24, 2.45) is 35.3 Å². The van der Waals surface area contributed by atoms with Crippen molar-refractivity contribution in [2.75, 3.05) is 41.5 Å². The molecule has 422 valence electrons. The number of nitrogens with one attached hydrogen (secondary N) is 4. The van der Waals surface area contributed by atoms with Gasteiger partial charge in [-0.15, -0.1) is 0 Å². The standard InChI is InChI=1S/C56H92N8O11/c1-16-35(9)48(43(73-14)30-44(65)64-29-21-24-42(64)50(74-15)36(10)51(67)58-37(11)49(66)39-22-19-18-20-23-39)62(12)55(71)46(33(5)6)61-54(70)47(34(7)8)63(13)56(72)75-31-38-25-27-40(28-26-38)59-52(68)41(17-2)60-53(69)45(57)32(3)4/h18-20,22-23,25-27,32-37,40-43,45-50,66H,16-17,21,24,28-31,57H2,1-15H3,(H,58,67)(H,59,68)(H,60,69)(H,61,70)/t35-,36+,37+,40?,41-,42-,43+,45-,46-,47-,48-,49+,50+/m0/s1. The molecule has 0 saturated carbocycles. The van der Waals surface area contributed by atoms with E-state index in [0.717, 1.165) is 0 Å². The summed E-state index contributed by atoms with van der Waals surface area (Å²) < 4.78 is 17.7. The smallest absolute Gasteiger partial charge is 0.410 e. The molecule has 1 saturated heterocycles. The van der Waals surface area contributed by atoms with Crippen molar-refractivity contribution in [1.82, 2.24) is 36.0 Å². The first-order valence-electron chi connectivity index (χ1n) is 26.9. The molecule has 0 bridgehead atoms. The minimum atomic E-state index is -1.01. The zero-order valence-corrected chi connectivity index (χ0v) is 47.5. The summed E-state index contributed by atoms with van der Waals surface area (Å²) in [5, 5.41) is 22.5. The normalized spacial score (nSPS) is 20.1. The van der Waals surface area contributed by atoms with Crippen LogP contribution in [-0.2, 0) is 43.0 Å². The Bertz CT molecular complexity index is 2100. The third kappa shape index (κ3) is 17.6. The number of hydrogen-bond donors (Lipinski definition) is 6. The average molecular weight is 1050 g/mol. The van der Waals surface area contributed by atoms with E-state index in [-0.39, 0.29) is 72.3 Å². The summed E-state index contributed by atoms with van der Waals surface area (Å²) in [6.45, 7) is 20.6. The number of carbonyl (C=O) groups excluding carboxylic acids is 7. The van der Waals surface area contributed by atoms with Gasteiger partial charge in [0.1, 0.15) is 24.7 Å². The van der Waals surface area contributed by atoms with Crippen molar-refractivity contribution in [1.29, 1.82) is 0 Å². The molecule has 0 spiro atoms. The van der Waals surface area contributed by atoms with Crippen LogP contribution in [0.2, 0.25) is 0 Å². The summed E-state index contributed by atoms with van der Waals surface area (Å²) >= 11 is 0. The third-order valence-corrected chi connectivity index (χ3v) is 15.0. The van der Waals surface area contributed by atoms with Crippen molar-refractivity contribution in [2.45, 2.75) is 181 Å². The second-order valence-electron chi connectivity index (χ2n) is 21.6. The van der Waals surface area contributed by atoms with Crippen molar-refractivity contribution in [3.8, 4) is 0 Å². The SMILES string of the molecule is CC[C@H](NC(=O)[C@@H](N)C(C)C)C(=O)NC1C=CC(COC(=O)N(C)[C@H](C(=O)N[C@H](C(=O)N(C)[C@@H]([C@@H](C)CC)[C@@H](CC(=O)N2CCC[C@H]2[C@H](OC)[C@@H](C)C(=O)N[C@H](C)[C@@H](O)c2ccccc2)OC)C(C)C)C(C)C)=CC1. The maximum atomic E-state index is 14.7. The van der Waals surface area contributed by atoms with Crippen LogP contribution < -0.4 is 27.0 Å². The molecule has 1 unspecified atom stereocenters. The molecule has 3 rings (SSSR count). The predicted molar refractivity (Wildman–Crippen MR) is 288 cm³/mol.